The van der Waals surface area contributed by atoms with Gasteiger partial charge in [0, 0.05) is 12.8 Å². The Morgan fingerprint density at radius 3 is 0.920 bits per heavy atom. The summed E-state index contributed by atoms with van der Waals surface area (Å²) in [7, 11) is 0. The van der Waals surface area contributed by atoms with Crippen LogP contribution in [0.1, 0.15) is 201 Å². The van der Waals surface area contributed by atoms with Crippen LogP contribution in [0, 0.1) is 0 Å². The minimum atomic E-state index is -0.876. The van der Waals surface area contributed by atoms with E-state index in [1.54, 1.807) is 6.08 Å². The van der Waals surface area contributed by atoms with E-state index in [2.05, 4.69) is 191 Å². The number of ether oxygens (including phenoxy) is 3. The van der Waals surface area contributed by atoms with Crippen molar-refractivity contribution in [2.45, 2.75) is 207 Å². The summed E-state index contributed by atoms with van der Waals surface area (Å²) in [6.45, 7) is 6.11. The molecule has 0 spiro atoms. The fourth-order valence-electron chi connectivity index (χ4n) is 6.92. The van der Waals surface area contributed by atoms with Crippen molar-refractivity contribution in [3.63, 3.8) is 0 Å². The first-order chi connectivity index (χ1) is 37.0. The number of carbonyl (C=O) groups excluding carboxylic acids is 3. The fourth-order valence-corrected chi connectivity index (χ4v) is 6.92. The van der Waals surface area contributed by atoms with Crippen molar-refractivity contribution < 1.29 is 28.6 Å². The third kappa shape index (κ3) is 59.0. The van der Waals surface area contributed by atoms with Gasteiger partial charge in [0.05, 0.1) is 6.42 Å². The zero-order chi connectivity index (χ0) is 54.3. The summed E-state index contributed by atoms with van der Waals surface area (Å²) in [6.07, 6.45) is 93.1. The predicted octanol–water partition coefficient (Wildman–Crippen LogP) is 19.9. The van der Waals surface area contributed by atoms with Crippen LogP contribution in [0.25, 0.3) is 0 Å². The third-order valence-corrected chi connectivity index (χ3v) is 11.1. The SMILES string of the molecule is CC/C=C\C/C=C\C/C=C\C/C=C\C/C=C\C/C=C\CCC(=O)OC(COC(=O)C/C=C\C/C=C\C/C=C\C/C=C\C/C=C\CC)COC(=O)CCCCCCCCC/C=C\C/C=C\C/C=C\C/C=C\C/C=C\CC. The predicted molar refractivity (Wildman–Crippen MR) is 324 cm³/mol. The number of allylic oxidation sites excluding steroid dienone is 31. The minimum Gasteiger partial charge on any atom is -0.462 e. The fraction of sp³-hybridized carbons (Fsp3) is 0.493. The molecular formula is C69H102O6. The van der Waals surface area contributed by atoms with Gasteiger partial charge in [-0.25, -0.2) is 0 Å². The molecule has 1 unspecified atom stereocenters. The monoisotopic (exact) mass is 1030 g/mol. The maximum atomic E-state index is 12.8. The lowest BCUT2D eigenvalue weighted by Crippen LogP contribution is -2.30. The number of rotatable bonds is 49. The van der Waals surface area contributed by atoms with Gasteiger partial charge >= 0.3 is 17.9 Å². The Morgan fingerprint density at radius 1 is 0.280 bits per heavy atom. The van der Waals surface area contributed by atoms with Gasteiger partial charge in [-0.1, -0.05) is 247 Å². The molecule has 0 saturated carbocycles. The van der Waals surface area contributed by atoms with Gasteiger partial charge in [-0.15, -0.1) is 0 Å². The topological polar surface area (TPSA) is 78.9 Å². The quantitative estimate of drug-likeness (QED) is 0.0261. The van der Waals surface area contributed by atoms with Gasteiger partial charge in [-0.2, -0.15) is 0 Å². The van der Waals surface area contributed by atoms with Crippen LogP contribution in [0.3, 0.4) is 0 Å². The molecule has 1 atom stereocenters. The third-order valence-electron chi connectivity index (χ3n) is 11.1. The van der Waals surface area contributed by atoms with E-state index in [1.807, 2.05) is 18.2 Å². The Hall–Kier alpha value is -5.75. The molecule has 0 aliphatic heterocycles. The van der Waals surface area contributed by atoms with Crippen LogP contribution in [0.2, 0.25) is 0 Å². The van der Waals surface area contributed by atoms with Gasteiger partial charge in [0.2, 0.25) is 0 Å². The summed E-state index contributed by atoms with van der Waals surface area (Å²) in [5.41, 5.74) is 0. The summed E-state index contributed by atoms with van der Waals surface area (Å²) < 4.78 is 16.7. The molecule has 0 fully saturated rings. The van der Waals surface area contributed by atoms with Crippen LogP contribution in [-0.2, 0) is 28.6 Å². The number of hydrogen-bond donors (Lipinski definition) is 0. The largest absolute Gasteiger partial charge is 0.462 e. The normalized spacial score (nSPS) is 13.6. The Balaban J connectivity index is 4.63. The molecule has 0 aromatic carbocycles. The van der Waals surface area contributed by atoms with Crippen molar-refractivity contribution in [2.75, 3.05) is 13.2 Å². The van der Waals surface area contributed by atoms with Crippen LogP contribution >= 0.6 is 0 Å². The maximum absolute atomic E-state index is 12.8. The maximum Gasteiger partial charge on any atom is 0.309 e. The first-order valence-electron chi connectivity index (χ1n) is 28.9. The Bertz CT molecular complexity index is 1850. The van der Waals surface area contributed by atoms with Crippen molar-refractivity contribution in [3.05, 3.63) is 194 Å². The summed E-state index contributed by atoms with van der Waals surface area (Å²) in [6, 6.07) is 0. The van der Waals surface area contributed by atoms with E-state index >= 15 is 0 Å². The molecule has 0 N–H and O–H groups in total. The highest BCUT2D eigenvalue weighted by molar-refractivity contribution is 5.72. The van der Waals surface area contributed by atoms with E-state index in [9.17, 15) is 14.4 Å². The average molecular weight is 1030 g/mol. The second-order valence-corrected chi connectivity index (χ2v) is 18.1. The second kappa shape index (κ2) is 60.8. The number of hydrogen-bond acceptors (Lipinski definition) is 6. The highest BCUT2D eigenvalue weighted by Crippen LogP contribution is 2.12. The lowest BCUT2D eigenvalue weighted by Gasteiger charge is -2.18. The molecule has 0 radical (unpaired) electrons. The lowest BCUT2D eigenvalue weighted by molar-refractivity contribution is -0.166. The van der Waals surface area contributed by atoms with Gasteiger partial charge in [-0.3, -0.25) is 14.4 Å². The van der Waals surface area contributed by atoms with Gasteiger partial charge in [0.25, 0.3) is 0 Å². The summed E-state index contributed by atoms with van der Waals surface area (Å²) in [5.74, 6) is -1.20. The molecule has 0 aromatic heterocycles. The van der Waals surface area contributed by atoms with E-state index in [0.29, 0.717) is 19.3 Å². The molecule has 6 nitrogen and oxygen atoms in total. The molecule has 6 heteroatoms. The zero-order valence-corrected chi connectivity index (χ0v) is 47.2. The highest BCUT2D eigenvalue weighted by Gasteiger charge is 2.19. The molecule has 0 amide bonds. The van der Waals surface area contributed by atoms with Gasteiger partial charge < -0.3 is 14.2 Å². The van der Waals surface area contributed by atoms with Crippen LogP contribution < -0.4 is 0 Å². The van der Waals surface area contributed by atoms with Crippen LogP contribution in [0.5, 0.6) is 0 Å². The lowest BCUT2D eigenvalue weighted by atomic mass is 10.1. The van der Waals surface area contributed by atoms with E-state index in [4.69, 9.17) is 14.2 Å². The van der Waals surface area contributed by atoms with Crippen molar-refractivity contribution in [1.29, 1.82) is 0 Å². The van der Waals surface area contributed by atoms with Crippen LogP contribution in [-0.4, -0.2) is 37.2 Å². The number of esters is 3. The summed E-state index contributed by atoms with van der Waals surface area (Å²) in [4.78, 5) is 38.1. The van der Waals surface area contributed by atoms with E-state index in [0.717, 1.165) is 128 Å². The molecule has 75 heavy (non-hydrogen) atoms. The van der Waals surface area contributed by atoms with E-state index in [-0.39, 0.29) is 32.0 Å². The minimum absolute atomic E-state index is 0.0982. The van der Waals surface area contributed by atoms with Crippen molar-refractivity contribution in [3.8, 4) is 0 Å². The smallest absolute Gasteiger partial charge is 0.309 e. The molecule has 0 rings (SSSR count). The summed E-state index contributed by atoms with van der Waals surface area (Å²) >= 11 is 0. The van der Waals surface area contributed by atoms with Gasteiger partial charge in [0.1, 0.15) is 13.2 Å². The number of carbonyl (C=O) groups is 3. The first-order valence-corrected chi connectivity index (χ1v) is 28.9. The average Bonchev–Trinajstić information content (AvgIpc) is 3.41. The second-order valence-electron chi connectivity index (χ2n) is 18.1. The Kier molecular flexibility index (Phi) is 56.1. The van der Waals surface area contributed by atoms with Crippen LogP contribution in [0.15, 0.2) is 194 Å². The molecule has 0 aliphatic rings. The number of unbranched alkanes of at least 4 members (excludes halogenated alkanes) is 7. The molecule has 0 saturated heterocycles. The molecule has 0 aliphatic carbocycles. The molecule has 0 bridgehead atoms. The van der Waals surface area contributed by atoms with Crippen molar-refractivity contribution in [2.24, 2.45) is 0 Å². The van der Waals surface area contributed by atoms with Gasteiger partial charge in [-0.05, 0) is 128 Å². The molecule has 0 aromatic rings. The summed E-state index contributed by atoms with van der Waals surface area (Å²) in [5, 5.41) is 0. The van der Waals surface area contributed by atoms with E-state index in [1.165, 1.54) is 19.3 Å². The first kappa shape index (κ1) is 69.2. The van der Waals surface area contributed by atoms with Crippen molar-refractivity contribution in [1.82, 2.24) is 0 Å². The Labute approximate surface area is 458 Å². The standard InChI is InChI=1S/C69H102O6/c1-4-7-10-13-16-19-22-25-28-30-32-33-34-35-37-38-41-44-47-50-53-56-59-62-68(71)74-65-66(64-73-67(70)61-58-55-52-49-46-43-40-27-24-21-18-15-12-9-6-3)75-69(72)63-60-57-54-51-48-45-42-39-36-31-29-26-23-20-17-14-11-8-5-2/h7-12,16-21,25-29,32-33,35-37,39-40,45-46,48-49,54-55,57-58,66H,4-6,13-15,22-24,30-31,34,38,41-44,47,50-53,56,59-65H2,1-3H3/b10-7-,11-8-,12-9-,19-16-,20-17-,21-18-,28-25-,29-26-,33-32-,37-35-,39-36-,40-27-,48-45-,49-46-,57-54-,58-55-. The van der Waals surface area contributed by atoms with Gasteiger partial charge in [0.15, 0.2) is 6.10 Å². The molecule has 414 valence electrons. The zero-order valence-electron chi connectivity index (χ0n) is 47.2. The van der Waals surface area contributed by atoms with Crippen molar-refractivity contribution >= 4 is 17.9 Å². The molecule has 0 heterocycles. The molecular weight excluding hydrogens is 925 g/mol. The van der Waals surface area contributed by atoms with E-state index < -0.39 is 18.0 Å². The van der Waals surface area contributed by atoms with Crippen LogP contribution in [0.4, 0.5) is 0 Å². The highest BCUT2D eigenvalue weighted by atomic mass is 16.6. The Morgan fingerprint density at radius 2 is 0.560 bits per heavy atom.